The summed E-state index contributed by atoms with van der Waals surface area (Å²) in [7, 11) is 0. The first-order valence-electron chi connectivity index (χ1n) is 7.51. The molecule has 1 saturated heterocycles. The third kappa shape index (κ3) is 4.16. The molecule has 1 aromatic heterocycles. The molecule has 0 aliphatic carbocycles. The molecule has 19 heavy (non-hydrogen) atoms. The van der Waals surface area contributed by atoms with Crippen LogP contribution < -0.4 is 5.32 Å². The molecule has 0 saturated carbocycles. The molecule has 0 aromatic carbocycles. The van der Waals surface area contributed by atoms with Gasteiger partial charge in [0.1, 0.15) is 11.6 Å². The Morgan fingerprint density at radius 2 is 2.00 bits per heavy atom. The van der Waals surface area contributed by atoms with Gasteiger partial charge in [-0.05, 0) is 46.2 Å². The summed E-state index contributed by atoms with van der Waals surface area (Å²) in [6.45, 7) is 9.82. The fourth-order valence-corrected chi connectivity index (χ4v) is 2.64. The lowest BCUT2D eigenvalue weighted by molar-refractivity contribution is 0.180. The molecule has 1 unspecified atom stereocenters. The summed E-state index contributed by atoms with van der Waals surface area (Å²) < 4.78 is 0. The predicted molar refractivity (Wildman–Crippen MR) is 79.5 cm³/mol. The molecule has 4 heteroatoms. The molecule has 4 nitrogen and oxygen atoms in total. The van der Waals surface area contributed by atoms with Crippen LogP contribution in [0.25, 0.3) is 0 Å². The smallest absolute Gasteiger partial charge is 0.129 e. The standard InChI is InChI=1S/C15H26N4/c1-4-14-10-15(18-13(3)17-14)16-11-12(2)19-8-6-5-7-9-19/h10,12H,4-9,11H2,1-3H3,(H,16,17,18). The van der Waals surface area contributed by atoms with Crippen LogP contribution in [-0.4, -0.2) is 40.5 Å². The van der Waals surface area contributed by atoms with E-state index in [2.05, 4.69) is 40.1 Å². The number of nitrogens with zero attached hydrogens (tertiary/aromatic N) is 3. The maximum absolute atomic E-state index is 4.46. The quantitative estimate of drug-likeness (QED) is 0.885. The van der Waals surface area contributed by atoms with Crippen molar-refractivity contribution in [3.63, 3.8) is 0 Å². The van der Waals surface area contributed by atoms with Gasteiger partial charge in [-0.3, -0.25) is 4.90 Å². The average molecular weight is 262 g/mol. The molecule has 0 bridgehead atoms. The molecular formula is C15H26N4. The fraction of sp³-hybridized carbons (Fsp3) is 0.733. The summed E-state index contributed by atoms with van der Waals surface area (Å²) in [6, 6.07) is 2.64. The van der Waals surface area contributed by atoms with Crippen molar-refractivity contribution >= 4 is 5.82 Å². The Labute approximate surface area is 116 Å². The number of hydrogen-bond acceptors (Lipinski definition) is 4. The lowest BCUT2D eigenvalue weighted by Gasteiger charge is -2.32. The van der Waals surface area contributed by atoms with E-state index in [0.29, 0.717) is 6.04 Å². The SMILES string of the molecule is CCc1cc(NCC(C)N2CCCCC2)nc(C)n1. The average Bonchev–Trinajstić information content (AvgIpc) is 2.45. The maximum atomic E-state index is 4.46. The van der Waals surface area contributed by atoms with Crippen molar-refractivity contribution in [2.24, 2.45) is 0 Å². The Bertz CT molecular complexity index is 399. The first-order chi connectivity index (χ1) is 9.19. The van der Waals surface area contributed by atoms with Crippen molar-refractivity contribution in [3.05, 3.63) is 17.6 Å². The zero-order chi connectivity index (χ0) is 13.7. The summed E-state index contributed by atoms with van der Waals surface area (Å²) in [5.41, 5.74) is 1.11. The number of piperidine rings is 1. The highest BCUT2D eigenvalue weighted by molar-refractivity contribution is 5.36. The minimum absolute atomic E-state index is 0.570. The van der Waals surface area contributed by atoms with E-state index in [1.165, 1.54) is 32.4 Å². The lowest BCUT2D eigenvalue weighted by Crippen LogP contribution is -2.41. The van der Waals surface area contributed by atoms with Crippen LogP contribution in [-0.2, 0) is 6.42 Å². The molecule has 1 aromatic rings. The van der Waals surface area contributed by atoms with Crippen LogP contribution in [0.2, 0.25) is 0 Å². The van der Waals surface area contributed by atoms with Gasteiger partial charge >= 0.3 is 0 Å². The van der Waals surface area contributed by atoms with Gasteiger partial charge in [0, 0.05) is 24.3 Å². The third-order valence-corrected chi connectivity index (χ3v) is 3.85. The summed E-state index contributed by atoms with van der Waals surface area (Å²) in [4.78, 5) is 11.4. The first kappa shape index (κ1) is 14.3. The highest BCUT2D eigenvalue weighted by Crippen LogP contribution is 2.13. The van der Waals surface area contributed by atoms with Gasteiger partial charge in [0.2, 0.25) is 0 Å². The molecule has 1 N–H and O–H groups in total. The van der Waals surface area contributed by atoms with Crippen LogP contribution in [0.3, 0.4) is 0 Å². The Kier molecular flexibility index (Phi) is 5.14. The van der Waals surface area contributed by atoms with E-state index in [1.807, 2.05) is 6.92 Å². The summed E-state index contributed by atoms with van der Waals surface area (Å²) in [6.07, 6.45) is 5.04. The van der Waals surface area contributed by atoms with Crippen LogP contribution in [0.1, 0.15) is 44.6 Å². The third-order valence-electron chi connectivity index (χ3n) is 3.85. The summed E-state index contributed by atoms with van der Waals surface area (Å²) >= 11 is 0. The maximum Gasteiger partial charge on any atom is 0.129 e. The number of rotatable bonds is 5. The largest absolute Gasteiger partial charge is 0.368 e. The van der Waals surface area contributed by atoms with Gasteiger partial charge in [-0.25, -0.2) is 9.97 Å². The van der Waals surface area contributed by atoms with Crippen LogP contribution in [0.15, 0.2) is 6.07 Å². The number of nitrogens with one attached hydrogen (secondary N) is 1. The molecule has 1 aliphatic rings. The monoisotopic (exact) mass is 262 g/mol. The molecule has 2 heterocycles. The number of aromatic nitrogens is 2. The van der Waals surface area contributed by atoms with Crippen molar-refractivity contribution in [2.75, 3.05) is 25.0 Å². The van der Waals surface area contributed by atoms with Gasteiger partial charge < -0.3 is 5.32 Å². The second-order valence-corrected chi connectivity index (χ2v) is 5.47. The topological polar surface area (TPSA) is 41.0 Å². The van der Waals surface area contributed by atoms with E-state index in [4.69, 9.17) is 0 Å². The Hall–Kier alpha value is -1.16. The normalized spacial score (nSPS) is 18.3. The van der Waals surface area contributed by atoms with Crippen molar-refractivity contribution in [1.29, 1.82) is 0 Å². The second kappa shape index (κ2) is 6.85. The van der Waals surface area contributed by atoms with Crippen molar-refractivity contribution in [1.82, 2.24) is 14.9 Å². The zero-order valence-electron chi connectivity index (χ0n) is 12.4. The van der Waals surface area contributed by atoms with Crippen molar-refractivity contribution < 1.29 is 0 Å². The van der Waals surface area contributed by atoms with Gasteiger partial charge in [0.25, 0.3) is 0 Å². The number of aryl methyl sites for hydroxylation is 2. The summed E-state index contributed by atoms with van der Waals surface area (Å²) in [5, 5.41) is 3.46. The van der Waals surface area contributed by atoms with E-state index in [9.17, 15) is 0 Å². The predicted octanol–water partition coefficient (Wildman–Crippen LogP) is 2.63. The molecular weight excluding hydrogens is 236 g/mol. The van der Waals surface area contributed by atoms with E-state index < -0.39 is 0 Å². The van der Waals surface area contributed by atoms with Crippen LogP contribution >= 0.6 is 0 Å². The van der Waals surface area contributed by atoms with Crippen LogP contribution in [0, 0.1) is 6.92 Å². The molecule has 1 fully saturated rings. The number of hydrogen-bond donors (Lipinski definition) is 1. The molecule has 1 atom stereocenters. The van der Waals surface area contributed by atoms with Gasteiger partial charge in [-0.2, -0.15) is 0 Å². The van der Waals surface area contributed by atoms with Crippen LogP contribution in [0.4, 0.5) is 5.82 Å². The van der Waals surface area contributed by atoms with Gasteiger partial charge in [-0.1, -0.05) is 13.3 Å². The molecule has 106 valence electrons. The highest BCUT2D eigenvalue weighted by Gasteiger charge is 2.16. The van der Waals surface area contributed by atoms with Crippen molar-refractivity contribution in [2.45, 2.75) is 52.5 Å². The molecule has 0 spiro atoms. The number of anilines is 1. The van der Waals surface area contributed by atoms with Gasteiger partial charge in [0.05, 0.1) is 0 Å². The van der Waals surface area contributed by atoms with E-state index in [1.54, 1.807) is 0 Å². The fourth-order valence-electron chi connectivity index (χ4n) is 2.64. The van der Waals surface area contributed by atoms with Crippen molar-refractivity contribution in [3.8, 4) is 0 Å². The van der Waals surface area contributed by atoms with Gasteiger partial charge in [0.15, 0.2) is 0 Å². The lowest BCUT2D eigenvalue weighted by atomic mass is 10.1. The van der Waals surface area contributed by atoms with E-state index >= 15 is 0 Å². The van der Waals surface area contributed by atoms with Crippen LogP contribution in [0.5, 0.6) is 0 Å². The molecule has 2 rings (SSSR count). The molecule has 0 amide bonds. The highest BCUT2D eigenvalue weighted by atomic mass is 15.2. The summed E-state index contributed by atoms with van der Waals surface area (Å²) in [5.74, 6) is 1.82. The second-order valence-electron chi connectivity index (χ2n) is 5.47. The Balaban J connectivity index is 1.88. The van der Waals surface area contributed by atoms with E-state index in [0.717, 1.165) is 30.3 Å². The van der Waals surface area contributed by atoms with E-state index in [-0.39, 0.29) is 0 Å². The first-order valence-corrected chi connectivity index (χ1v) is 7.51. The Morgan fingerprint density at radius 3 is 2.68 bits per heavy atom. The molecule has 0 radical (unpaired) electrons. The molecule has 1 aliphatic heterocycles. The number of likely N-dealkylation sites (tertiary alicyclic amines) is 1. The Morgan fingerprint density at radius 1 is 1.26 bits per heavy atom. The van der Waals surface area contributed by atoms with Gasteiger partial charge in [-0.15, -0.1) is 0 Å². The minimum Gasteiger partial charge on any atom is -0.368 e. The zero-order valence-corrected chi connectivity index (χ0v) is 12.4. The minimum atomic E-state index is 0.570.